The lowest BCUT2D eigenvalue weighted by atomic mass is 10.2. The van der Waals surface area contributed by atoms with E-state index in [1.807, 2.05) is 43.3 Å². The van der Waals surface area contributed by atoms with Crippen molar-refractivity contribution in [2.75, 3.05) is 14.1 Å². The molecule has 1 aromatic heterocycles. The molecular formula is C17H21FN4. The number of pyridine rings is 1. The predicted octanol–water partition coefficient (Wildman–Crippen LogP) is 2.74. The zero-order valence-electron chi connectivity index (χ0n) is 13.2. The molecule has 2 aromatic rings. The van der Waals surface area contributed by atoms with Crippen LogP contribution < -0.4 is 5.32 Å². The Hall–Kier alpha value is -2.43. The predicted molar refractivity (Wildman–Crippen MR) is 87.0 cm³/mol. The van der Waals surface area contributed by atoms with E-state index in [0.29, 0.717) is 13.1 Å². The molecule has 0 amide bonds. The maximum Gasteiger partial charge on any atom is 0.193 e. The van der Waals surface area contributed by atoms with Crippen molar-refractivity contribution < 1.29 is 4.39 Å². The van der Waals surface area contributed by atoms with Gasteiger partial charge in [0, 0.05) is 39.1 Å². The molecule has 116 valence electrons. The first-order valence-corrected chi connectivity index (χ1v) is 7.16. The summed E-state index contributed by atoms with van der Waals surface area (Å²) < 4.78 is 13.2. The molecule has 2 rings (SSSR count). The van der Waals surface area contributed by atoms with E-state index >= 15 is 0 Å². The Kier molecular flexibility index (Phi) is 5.47. The normalized spacial score (nSPS) is 11.4. The van der Waals surface area contributed by atoms with Crippen LogP contribution in [-0.4, -0.2) is 29.9 Å². The summed E-state index contributed by atoms with van der Waals surface area (Å²) in [5, 5.41) is 3.28. The fourth-order valence-electron chi connectivity index (χ4n) is 2.15. The molecule has 1 aromatic carbocycles. The molecule has 0 saturated carbocycles. The molecule has 5 heteroatoms. The molecule has 1 heterocycles. The number of hydrogen-bond acceptors (Lipinski definition) is 2. The minimum absolute atomic E-state index is 0.223. The number of rotatable bonds is 4. The van der Waals surface area contributed by atoms with Gasteiger partial charge in [-0.2, -0.15) is 0 Å². The van der Waals surface area contributed by atoms with Crippen molar-refractivity contribution in [3.63, 3.8) is 0 Å². The van der Waals surface area contributed by atoms with Crippen LogP contribution in [0.5, 0.6) is 0 Å². The van der Waals surface area contributed by atoms with Crippen molar-refractivity contribution in [3.05, 3.63) is 65.2 Å². The minimum Gasteiger partial charge on any atom is -0.352 e. The summed E-state index contributed by atoms with van der Waals surface area (Å²) in [7, 11) is 3.66. The molecule has 4 nitrogen and oxygen atoms in total. The molecule has 0 aliphatic carbocycles. The second kappa shape index (κ2) is 7.54. The first-order chi connectivity index (χ1) is 10.6. The van der Waals surface area contributed by atoms with Crippen LogP contribution in [0.2, 0.25) is 0 Å². The van der Waals surface area contributed by atoms with Crippen LogP contribution in [0, 0.1) is 12.7 Å². The zero-order valence-corrected chi connectivity index (χ0v) is 13.2. The Morgan fingerprint density at radius 2 is 2.09 bits per heavy atom. The fraction of sp³-hybridized carbons (Fsp3) is 0.294. The molecule has 22 heavy (non-hydrogen) atoms. The Labute approximate surface area is 130 Å². The topological polar surface area (TPSA) is 40.5 Å². The number of halogens is 1. The van der Waals surface area contributed by atoms with Gasteiger partial charge in [-0.25, -0.2) is 4.39 Å². The van der Waals surface area contributed by atoms with Gasteiger partial charge in [0.05, 0.1) is 0 Å². The molecule has 0 bridgehead atoms. The van der Waals surface area contributed by atoms with Crippen LogP contribution in [0.3, 0.4) is 0 Å². The van der Waals surface area contributed by atoms with Crippen molar-refractivity contribution in [1.29, 1.82) is 0 Å². The van der Waals surface area contributed by atoms with Crippen LogP contribution in [0.25, 0.3) is 0 Å². The van der Waals surface area contributed by atoms with Gasteiger partial charge in [0.25, 0.3) is 0 Å². The van der Waals surface area contributed by atoms with E-state index in [0.717, 1.165) is 22.8 Å². The van der Waals surface area contributed by atoms with Gasteiger partial charge in [-0.15, -0.1) is 0 Å². The fourth-order valence-corrected chi connectivity index (χ4v) is 2.15. The lowest BCUT2D eigenvalue weighted by molar-refractivity contribution is 0.474. The van der Waals surface area contributed by atoms with E-state index in [1.54, 1.807) is 13.1 Å². The highest BCUT2D eigenvalue weighted by Gasteiger charge is 2.07. The minimum atomic E-state index is -0.223. The summed E-state index contributed by atoms with van der Waals surface area (Å²) in [6, 6.07) is 10.6. The lowest BCUT2D eigenvalue weighted by Gasteiger charge is -2.22. The summed E-state index contributed by atoms with van der Waals surface area (Å²) in [6.07, 6.45) is 1.85. The summed E-state index contributed by atoms with van der Waals surface area (Å²) in [5.41, 5.74) is 2.99. The van der Waals surface area contributed by atoms with E-state index in [2.05, 4.69) is 15.3 Å². The number of aryl methyl sites for hydroxylation is 1. The van der Waals surface area contributed by atoms with Gasteiger partial charge in [-0.1, -0.05) is 18.2 Å². The molecule has 0 aliphatic heterocycles. The standard InChI is InChI=1S/C17H21FN4/c1-13-7-8-15(10-20-13)11-21-17(19-2)22(3)12-14-5-4-6-16(18)9-14/h4-10H,11-12H2,1-3H3,(H,19,21). The van der Waals surface area contributed by atoms with E-state index in [4.69, 9.17) is 0 Å². The van der Waals surface area contributed by atoms with Crippen LogP contribution in [0.15, 0.2) is 47.6 Å². The van der Waals surface area contributed by atoms with Crippen molar-refractivity contribution in [1.82, 2.24) is 15.2 Å². The van der Waals surface area contributed by atoms with Crippen molar-refractivity contribution >= 4 is 5.96 Å². The zero-order chi connectivity index (χ0) is 15.9. The van der Waals surface area contributed by atoms with Crippen molar-refractivity contribution in [3.8, 4) is 0 Å². The molecule has 0 spiro atoms. The first kappa shape index (κ1) is 15.9. The summed E-state index contributed by atoms with van der Waals surface area (Å²) >= 11 is 0. The van der Waals surface area contributed by atoms with Gasteiger partial charge in [-0.05, 0) is 36.2 Å². The Morgan fingerprint density at radius 3 is 2.73 bits per heavy atom. The van der Waals surface area contributed by atoms with Crippen LogP contribution in [0.4, 0.5) is 4.39 Å². The maximum absolute atomic E-state index is 13.2. The van der Waals surface area contributed by atoms with E-state index in [-0.39, 0.29) is 5.82 Å². The van der Waals surface area contributed by atoms with Crippen LogP contribution in [0.1, 0.15) is 16.8 Å². The van der Waals surface area contributed by atoms with Crippen LogP contribution >= 0.6 is 0 Å². The maximum atomic E-state index is 13.2. The highest BCUT2D eigenvalue weighted by atomic mass is 19.1. The van der Waals surface area contributed by atoms with Crippen molar-refractivity contribution in [2.24, 2.45) is 4.99 Å². The third kappa shape index (κ3) is 4.55. The molecular weight excluding hydrogens is 279 g/mol. The van der Waals surface area contributed by atoms with Gasteiger partial charge in [0.1, 0.15) is 5.82 Å². The number of nitrogens with one attached hydrogen (secondary N) is 1. The Bertz CT molecular complexity index is 637. The first-order valence-electron chi connectivity index (χ1n) is 7.16. The molecule has 1 N–H and O–H groups in total. The average Bonchev–Trinajstić information content (AvgIpc) is 2.49. The average molecular weight is 300 g/mol. The number of hydrogen-bond donors (Lipinski definition) is 1. The molecule has 0 unspecified atom stereocenters. The third-order valence-corrected chi connectivity index (χ3v) is 3.31. The lowest BCUT2D eigenvalue weighted by Crippen LogP contribution is -2.38. The highest BCUT2D eigenvalue weighted by Crippen LogP contribution is 2.07. The largest absolute Gasteiger partial charge is 0.352 e. The number of aliphatic imine (C=N–C) groups is 1. The molecule has 0 atom stereocenters. The summed E-state index contributed by atoms with van der Waals surface area (Å²) in [4.78, 5) is 10.5. The van der Waals surface area contributed by atoms with Crippen molar-refractivity contribution in [2.45, 2.75) is 20.0 Å². The Morgan fingerprint density at radius 1 is 1.27 bits per heavy atom. The summed E-state index contributed by atoms with van der Waals surface area (Å²) in [6.45, 7) is 3.19. The second-order valence-electron chi connectivity index (χ2n) is 5.19. The van der Waals surface area contributed by atoms with E-state index in [1.165, 1.54) is 12.1 Å². The van der Waals surface area contributed by atoms with Gasteiger partial charge >= 0.3 is 0 Å². The van der Waals surface area contributed by atoms with Crippen LogP contribution in [-0.2, 0) is 13.1 Å². The quantitative estimate of drug-likeness (QED) is 0.697. The van der Waals surface area contributed by atoms with Gasteiger partial charge in [0.15, 0.2) is 5.96 Å². The molecule has 0 aliphatic rings. The smallest absolute Gasteiger partial charge is 0.193 e. The third-order valence-electron chi connectivity index (χ3n) is 3.31. The number of nitrogens with zero attached hydrogens (tertiary/aromatic N) is 3. The van der Waals surface area contributed by atoms with E-state index in [9.17, 15) is 4.39 Å². The molecule has 0 radical (unpaired) electrons. The Balaban J connectivity index is 1.94. The number of guanidine groups is 1. The highest BCUT2D eigenvalue weighted by molar-refractivity contribution is 5.79. The molecule has 0 saturated heterocycles. The second-order valence-corrected chi connectivity index (χ2v) is 5.19. The number of benzene rings is 1. The van der Waals surface area contributed by atoms with E-state index < -0.39 is 0 Å². The molecule has 0 fully saturated rings. The van der Waals surface area contributed by atoms with Gasteiger partial charge < -0.3 is 10.2 Å². The number of aromatic nitrogens is 1. The summed E-state index contributed by atoms with van der Waals surface area (Å²) in [5.74, 6) is 0.532. The van der Waals surface area contributed by atoms with Gasteiger partial charge in [0.2, 0.25) is 0 Å². The SMILES string of the molecule is CN=C(NCc1ccc(C)nc1)N(C)Cc1cccc(F)c1. The monoisotopic (exact) mass is 300 g/mol. The van der Waals surface area contributed by atoms with Gasteiger partial charge in [-0.3, -0.25) is 9.98 Å².